The smallest absolute Gasteiger partial charge is 0.321 e. The molecule has 2 aliphatic heterocycles. The van der Waals surface area contributed by atoms with E-state index in [1.165, 1.54) is 19.4 Å². The van der Waals surface area contributed by atoms with E-state index in [0.717, 1.165) is 31.6 Å². The molecule has 0 bridgehead atoms. The van der Waals surface area contributed by atoms with Gasteiger partial charge in [-0.05, 0) is 37.9 Å². The van der Waals surface area contributed by atoms with Crippen LogP contribution in [0.4, 0.5) is 10.5 Å². The maximum atomic E-state index is 12.9. The van der Waals surface area contributed by atoms with E-state index >= 15 is 0 Å². The number of amides is 2. The summed E-state index contributed by atoms with van der Waals surface area (Å²) in [6.45, 7) is 5.83. The fraction of sp³-hybridized carbons (Fsp3) is 0.526. The molecule has 7 heteroatoms. The number of carbonyl (C=O) groups is 1. The normalized spacial score (nSPS) is 20.7. The highest BCUT2D eigenvalue weighted by atomic mass is 16.5. The second-order valence-electron chi connectivity index (χ2n) is 6.98. The number of rotatable bonds is 3. The van der Waals surface area contributed by atoms with Crippen LogP contribution in [0.5, 0.6) is 0 Å². The zero-order valence-electron chi connectivity index (χ0n) is 15.1. The van der Waals surface area contributed by atoms with Crippen molar-refractivity contribution in [3.05, 3.63) is 30.1 Å². The zero-order valence-corrected chi connectivity index (χ0v) is 15.1. The number of hydrogen-bond acceptors (Lipinski definition) is 5. The SMILES string of the molecule is CCc1noc(-c2ccccc2NC(=O)N2CCCN3CCCC3C2)n1. The van der Waals surface area contributed by atoms with Crippen LogP contribution in [0.1, 0.15) is 32.0 Å². The van der Waals surface area contributed by atoms with Crippen molar-refractivity contribution >= 4 is 11.7 Å². The highest BCUT2D eigenvalue weighted by Crippen LogP contribution is 2.27. The molecule has 2 fully saturated rings. The molecule has 3 heterocycles. The van der Waals surface area contributed by atoms with Gasteiger partial charge in [0.1, 0.15) is 0 Å². The molecule has 2 aromatic rings. The first-order valence-corrected chi connectivity index (χ1v) is 9.46. The molecular formula is C19H25N5O2. The van der Waals surface area contributed by atoms with Crippen LogP contribution >= 0.6 is 0 Å². The standard InChI is InChI=1S/C19H25N5O2/c1-2-17-21-18(26-22-17)15-8-3-4-9-16(15)20-19(25)24-12-6-11-23-10-5-7-14(23)13-24/h3-4,8-9,14H,2,5-7,10-13H2,1H3,(H,20,25). The number of para-hydroxylation sites is 1. The fourth-order valence-electron chi connectivity index (χ4n) is 3.87. The van der Waals surface area contributed by atoms with Gasteiger partial charge in [-0.25, -0.2) is 4.79 Å². The average molecular weight is 355 g/mol. The molecule has 1 unspecified atom stereocenters. The number of nitrogens with one attached hydrogen (secondary N) is 1. The summed E-state index contributed by atoms with van der Waals surface area (Å²) in [6, 6.07) is 8.02. The summed E-state index contributed by atoms with van der Waals surface area (Å²) < 4.78 is 5.35. The lowest BCUT2D eigenvalue weighted by Crippen LogP contribution is -2.41. The maximum absolute atomic E-state index is 12.9. The summed E-state index contributed by atoms with van der Waals surface area (Å²) in [5.74, 6) is 1.10. The van der Waals surface area contributed by atoms with Crippen LogP contribution in [0.15, 0.2) is 28.8 Å². The van der Waals surface area contributed by atoms with E-state index < -0.39 is 0 Å². The van der Waals surface area contributed by atoms with E-state index in [4.69, 9.17) is 4.52 Å². The molecule has 0 spiro atoms. The minimum Gasteiger partial charge on any atom is -0.334 e. The highest BCUT2D eigenvalue weighted by Gasteiger charge is 2.30. The largest absolute Gasteiger partial charge is 0.334 e. The molecule has 2 saturated heterocycles. The van der Waals surface area contributed by atoms with Gasteiger partial charge in [-0.2, -0.15) is 4.98 Å². The van der Waals surface area contributed by atoms with Gasteiger partial charge < -0.3 is 14.7 Å². The Morgan fingerprint density at radius 2 is 2.12 bits per heavy atom. The summed E-state index contributed by atoms with van der Waals surface area (Å²) in [5.41, 5.74) is 1.46. The Bertz CT molecular complexity index is 775. The molecule has 1 aromatic carbocycles. The summed E-state index contributed by atoms with van der Waals surface area (Å²) >= 11 is 0. The lowest BCUT2D eigenvalue weighted by molar-refractivity contribution is 0.200. The molecule has 2 amide bonds. The van der Waals surface area contributed by atoms with Gasteiger partial charge in [-0.3, -0.25) is 4.90 Å². The van der Waals surface area contributed by atoms with Crippen molar-refractivity contribution in [1.29, 1.82) is 0 Å². The van der Waals surface area contributed by atoms with Crippen molar-refractivity contribution in [2.45, 2.75) is 38.6 Å². The second kappa shape index (κ2) is 7.45. The van der Waals surface area contributed by atoms with E-state index in [1.54, 1.807) is 0 Å². The Morgan fingerprint density at radius 3 is 2.96 bits per heavy atom. The van der Waals surface area contributed by atoms with E-state index in [-0.39, 0.29) is 6.03 Å². The lowest BCUT2D eigenvalue weighted by Gasteiger charge is -2.26. The van der Waals surface area contributed by atoms with Crippen molar-refractivity contribution in [3.63, 3.8) is 0 Å². The molecule has 26 heavy (non-hydrogen) atoms. The highest BCUT2D eigenvalue weighted by molar-refractivity contribution is 5.93. The lowest BCUT2D eigenvalue weighted by atomic mass is 10.1. The van der Waals surface area contributed by atoms with E-state index in [0.29, 0.717) is 29.9 Å². The Labute approximate surface area is 153 Å². The Kier molecular flexibility index (Phi) is 4.88. The third-order valence-electron chi connectivity index (χ3n) is 5.27. The summed E-state index contributed by atoms with van der Waals surface area (Å²) in [5, 5.41) is 7.01. The van der Waals surface area contributed by atoms with Gasteiger partial charge in [0.25, 0.3) is 5.89 Å². The molecule has 138 valence electrons. The van der Waals surface area contributed by atoms with E-state index in [1.807, 2.05) is 36.1 Å². The molecule has 4 rings (SSSR count). The van der Waals surface area contributed by atoms with Gasteiger partial charge in [0.05, 0.1) is 11.3 Å². The Hall–Kier alpha value is -2.41. The predicted molar refractivity (Wildman–Crippen MR) is 98.9 cm³/mol. The molecule has 0 radical (unpaired) electrons. The Balaban J connectivity index is 1.51. The van der Waals surface area contributed by atoms with E-state index in [9.17, 15) is 4.79 Å². The minimum absolute atomic E-state index is 0.0542. The van der Waals surface area contributed by atoms with E-state index in [2.05, 4.69) is 20.4 Å². The molecule has 7 nitrogen and oxygen atoms in total. The van der Waals surface area contributed by atoms with Gasteiger partial charge in [0.15, 0.2) is 5.82 Å². The summed E-state index contributed by atoms with van der Waals surface area (Å²) in [6.07, 6.45) is 4.15. The monoisotopic (exact) mass is 355 g/mol. The van der Waals surface area contributed by atoms with Gasteiger partial charge in [0, 0.05) is 32.1 Å². The molecular weight excluding hydrogens is 330 g/mol. The molecule has 1 N–H and O–H groups in total. The number of urea groups is 1. The first kappa shape index (κ1) is 17.0. The van der Waals surface area contributed by atoms with Crippen LogP contribution in [0.2, 0.25) is 0 Å². The van der Waals surface area contributed by atoms with Crippen LogP contribution in [0.3, 0.4) is 0 Å². The quantitative estimate of drug-likeness (QED) is 0.916. The number of carbonyl (C=O) groups excluding carboxylic acids is 1. The van der Waals surface area contributed by atoms with Crippen molar-refractivity contribution in [3.8, 4) is 11.5 Å². The number of hydrogen-bond donors (Lipinski definition) is 1. The molecule has 2 aliphatic rings. The van der Waals surface area contributed by atoms with Crippen molar-refractivity contribution in [2.24, 2.45) is 0 Å². The number of aromatic nitrogens is 2. The molecule has 0 aliphatic carbocycles. The summed E-state index contributed by atoms with van der Waals surface area (Å²) in [7, 11) is 0. The van der Waals surface area contributed by atoms with Gasteiger partial charge in [-0.1, -0.05) is 24.2 Å². The van der Waals surface area contributed by atoms with Gasteiger partial charge >= 0.3 is 6.03 Å². The molecule has 1 atom stereocenters. The molecule has 0 saturated carbocycles. The number of fused-ring (bicyclic) bond motifs is 1. The summed E-state index contributed by atoms with van der Waals surface area (Å²) in [4.78, 5) is 21.7. The van der Waals surface area contributed by atoms with Crippen molar-refractivity contribution in [1.82, 2.24) is 19.9 Å². The van der Waals surface area contributed by atoms with Crippen LogP contribution in [-0.2, 0) is 6.42 Å². The third kappa shape index (κ3) is 3.44. The Morgan fingerprint density at radius 1 is 1.27 bits per heavy atom. The third-order valence-corrected chi connectivity index (χ3v) is 5.27. The van der Waals surface area contributed by atoms with Crippen molar-refractivity contribution < 1.29 is 9.32 Å². The van der Waals surface area contributed by atoms with Crippen LogP contribution in [0, 0.1) is 0 Å². The topological polar surface area (TPSA) is 74.5 Å². The number of anilines is 1. The predicted octanol–water partition coefficient (Wildman–Crippen LogP) is 3.00. The number of nitrogens with zero attached hydrogens (tertiary/aromatic N) is 4. The van der Waals surface area contributed by atoms with Gasteiger partial charge in [0.2, 0.25) is 0 Å². The van der Waals surface area contributed by atoms with Crippen LogP contribution < -0.4 is 5.32 Å². The maximum Gasteiger partial charge on any atom is 0.321 e. The first-order chi connectivity index (χ1) is 12.7. The zero-order chi connectivity index (χ0) is 17.9. The van der Waals surface area contributed by atoms with Crippen LogP contribution in [-0.4, -0.2) is 58.2 Å². The van der Waals surface area contributed by atoms with Crippen molar-refractivity contribution in [2.75, 3.05) is 31.5 Å². The van der Waals surface area contributed by atoms with Crippen LogP contribution in [0.25, 0.3) is 11.5 Å². The number of aryl methyl sites for hydroxylation is 1. The average Bonchev–Trinajstić information content (AvgIpc) is 3.27. The fourth-order valence-corrected chi connectivity index (χ4v) is 3.87. The van der Waals surface area contributed by atoms with Gasteiger partial charge in [-0.15, -0.1) is 0 Å². The molecule has 1 aromatic heterocycles. The first-order valence-electron chi connectivity index (χ1n) is 9.46. The second-order valence-corrected chi connectivity index (χ2v) is 6.98. The minimum atomic E-state index is -0.0542. The number of benzene rings is 1.